The van der Waals surface area contributed by atoms with E-state index in [1.807, 2.05) is 0 Å². The Labute approximate surface area is 108 Å². The van der Waals surface area contributed by atoms with E-state index < -0.39 is 0 Å². The maximum Gasteiger partial charge on any atom is 0.00790 e. The van der Waals surface area contributed by atoms with Gasteiger partial charge in [-0.2, -0.15) is 0 Å². The van der Waals surface area contributed by atoms with Crippen molar-refractivity contribution in [3.05, 3.63) is 0 Å². The van der Waals surface area contributed by atoms with Crippen LogP contribution in [0, 0.1) is 5.92 Å². The molecular weight excluding hydrogens is 208 g/mol. The van der Waals surface area contributed by atoms with Crippen molar-refractivity contribution in [2.24, 2.45) is 5.92 Å². The molecule has 2 nitrogen and oxygen atoms in total. The first kappa shape index (κ1) is 15.0. The van der Waals surface area contributed by atoms with Gasteiger partial charge in [0.05, 0.1) is 0 Å². The summed E-state index contributed by atoms with van der Waals surface area (Å²) in [6, 6.07) is 1.42. The third kappa shape index (κ3) is 5.39. The van der Waals surface area contributed by atoms with E-state index in [1.165, 1.54) is 51.7 Å². The van der Waals surface area contributed by atoms with Crippen molar-refractivity contribution < 1.29 is 0 Å². The summed E-state index contributed by atoms with van der Waals surface area (Å²) in [5.41, 5.74) is 0. The molecule has 1 saturated heterocycles. The van der Waals surface area contributed by atoms with Crippen LogP contribution in [0.3, 0.4) is 0 Å². The first-order valence-corrected chi connectivity index (χ1v) is 7.67. The Kier molecular flexibility index (Phi) is 7.14. The van der Waals surface area contributed by atoms with Gasteiger partial charge in [0.25, 0.3) is 0 Å². The van der Waals surface area contributed by atoms with Gasteiger partial charge in [0.1, 0.15) is 0 Å². The zero-order valence-electron chi connectivity index (χ0n) is 12.3. The lowest BCUT2D eigenvalue weighted by Gasteiger charge is -2.33. The Bertz CT molecular complexity index is 189. The molecule has 17 heavy (non-hydrogen) atoms. The highest BCUT2D eigenvalue weighted by atomic mass is 15.1. The molecule has 1 fully saturated rings. The second-order valence-corrected chi connectivity index (χ2v) is 5.73. The summed E-state index contributed by atoms with van der Waals surface area (Å²) < 4.78 is 0. The fraction of sp³-hybridized carbons (Fsp3) is 1.00. The molecule has 0 spiro atoms. The third-order valence-corrected chi connectivity index (χ3v) is 4.36. The predicted octanol–water partition coefficient (Wildman–Crippen LogP) is 3.28. The van der Waals surface area contributed by atoms with E-state index in [0.29, 0.717) is 6.04 Å². The number of hydrogen-bond donors (Lipinski definition) is 1. The van der Waals surface area contributed by atoms with Crippen LogP contribution in [-0.4, -0.2) is 36.6 Å². The van der Waals surface area contributed by atoms with E-state index in [2.05, 4.69) is 37.9 Å². The highest BCUT2D eigenvalue weighted by Crippen LogP contribution is 2.14. The summed E-state index contributed by atoms with van der Waals surface area (Å²) in [6.45, 7) is 13.2. The van der Waals surface area contributed by atoms with Crippen molar-refractivity contribution in [1.29, 1.82) is 0 Å². The Morgan fingerprint density at radius 1 is 1.12 bits per heavy atom. The SMILES string of the molecule is CCC(CC)CN1CCC(C)NC(CC)CC1. The molecule has 2 unspecified atom stereocenters. The molecule has 0 aliphatic carbocycles. The van der Waals surface area contributed by atoms with Crippen LogP contribution in [-0.2, 0) is 0 Å². The molecular formula is C15H32N2. The lowest BCUT2D eigenvalue weighted by Crippen LogP contribution is -2.45. The topological polar surface area (TPSA) is 15.3 Å². The van der Waals surface area contributed by atoms with Gasteiger partial charge in [-0.05, 0) is 45.2 Å². The molecule has 0 aromatic heterocycles. The van der Waals surface area contributed by atoms with Crippen molar-refractivity contribution in [3.63, 3.8) is 0 Å². The fourth-order valence-corrected chi connectivity index (χ4v) is 2.81. The number of rotatable bonds is 5. The van der Waals surface area contributed by atoms with Gasteiger partial charge in [0.2, 0.25) is 0 Å². The van der Waals surface area contributed by atoms with E-state index in [0.717, 1.165) is 12.0 Å². The van der Waals surface area contributed by atoms with Crippen LogP contribution in [0.5, 0.6) is 0 Å². The third-order valence-electron chi connectivity index (χ3n) is 4.36. The number of nitrogens with zero attached hydrogens (tertiary/aromatic N) is 1. The van der Waals surface area contributed by atoms with E-state index in [1.54, 1.807) is 0 Å². The second kappa shape index (κ2) is 8.10. The van der Waals surface area contributed by atoms with Crippen LogP contribution >= 0.6 is 0 Å². The lowest BCUT2D eigenvalue weighted by molar-refractivity contribution is 0.182. The minimum atomic E-state index is 0.685. The summed E-state index contributed by atoms with van der Waals surface area (Å²) in [4.78, 5) is 2.71. The molecule has 0 bridgehead atoms. The number of hydrogen-bond acceptors (Lipinski definition) is 2. The molecule has 1 rings (SSSR count). The lowest BCUT2D eigenvalue weighted by atomic mass is 10.0. The normalized spacial score (nSPS) is 28.1. The Hall–Kier alpha value is -0.0800. The molecule has 1 aliphatic rings. The van der Waals surface area contributed by atoms with E-state index >= 15 is 0 Å². The summed E-state index contributed by atoms with van der Waals surface area (Å²) in [5.74, 6) is 0.901. The summed E-state index contributed by atoms with van der Waals surface area (Å²) in [7, 11) is 0. The van der Waals surface area contributed by atoms with Crippen LogP contribution in [0.25, 0.3) is 0 Å². The van der Waals surface area contributed by atoms with Gasteiger partial charge in [0, 0.05) is 18.6 Å². The van der Waals surface area contributed by atoms with Crippen molar-refractivity contribution in [2.75, 3.05) is 19.6 Å². The van der Waals surface area contributed by atoms with Crippen molar-refractivity contribution >= 4 is 0 Å². The smallest absolute Gasteiger partial charge is 0.00790 e. The zero-order valence-corrected chi connectivity index (χ0v) is 12.3. The molecule has 0 radical (unpaired) electrons. The molecule has 2 atom stereocenters. The van der Waals surface area contributed by atoms with Crippen molar-refractivity contribution in [3.8, 4) is 0 Å². The average Bonchev–Trinajstić information content (AvgIpc) is 2.33. The molecule has 0 aromatic rings. The van der Waals surface area contributed by atoms with E-state index in [9.17, 15) is 0 Å². The summed E-state index contributed by atoms with van der Waals surface area (Å²) in [5, 5.41) is 3.74. The quantitative estimate of drug-likeness (QED) is 0.793. The fourth-order valence-electron chi connectivity index (χ4n) is 2.81. The second-order valence-electron chi connectivity index (χ2n) is 5.73. The summed E-state index contributed by atoms with van der Waals surface area (Å²) >= 11 is 0. The average molecular weight is 240 g/mol. The molecule has 1 aliphatic heterocycles. The molecule has 0 amide bonds. The molecule has 102 valence electrons. The Balaban J connectivity index is 2.43. The van der Waals surface area contributed by atoms with Crippen LogP contribution in [0.15, 0.2) is 0 Å². The van der Waals surface area contributed by atoms with Gasteiger partial charge in [-0.1, -0.05) is 33.6 Å². The van der Waals surface area contributed by atoms with Crippen LogP contribution in [0.1, 0.15) is 59.8 Å². The Morgan fingerprint density at radius 3 is 2.35 bits per heavy atom. The maximum absolute atomic E-state index is 3.74. The highest BCUT2D eigenvalue weighted by molar-refractivity contribution is 4.77. The summed E-state index contributed by atoms with van der Waals surface area (Å²) in [6.07, 6.45) is 6.55. The predicted molar refractivity (Wildman–Crippen MR) is 76.4 cm³/mol. The molecule has 0 aromatic carbocycles. The first-order chi connectivity index (χ1) is 8.19. The molecule has 1 N–H and O–H groups in total. The van der Waals surface area contributed by atoms with E-state index in [-0.39, 0.29) is 0 Å². The van der Waals surface area contributed by atoms with Gasteiger partial charge in [0.15, 0.2) is 0 Å². The van der Waals surface area contributed by atoms with Gasteiger partial charge in [-0.15, -0.1) is 0 Å². The standard InChI is InChI=1S/C15H32N2/c1-5-14(6-2)12-17-10-8-13(4)16-15(7-3)9-11-17/h13-16H,5-12H2,1-4H3. The first-order valence-electron chi connectivity index (χ1n) is 7.67. The molecule has 1 heterocycles. The van der Waals surface area contributed by atoms with Crippen LogP contribution in [0.2, 0.25) is 0 Å². The zero-order chi connectivity index (χ0) is 12.7. The van der Waals surface area contributed by atoms with Crippen molar-refractivity contribution in [1.82, 2.24) is 10.2 Å². The number of nitrogens with one attached hydrogen (secondary N) is 1. The highest BCUT2D eigenvalue weighted by Gasteiger charge is 2.18. The van der Waals surface area contributed by atoms with Gasteiger partial charge in [-0.25, -0.2) is 0 Å². The maximum atomic E-state index is 3.74. The molecule has 2 heteroatoms. The Morgan fingerprint density at radius 2 is 1.76 bits per heavy atom. The van der Waals surface area contributed by atoms with Crippen molar-refractivity contribution in [2.45, 2.75) is 71.9 Å². The monoisotopic (exact) mass is 240 g/mol. The van der Waals surface area contributed by atoms with Crippen LogP contribution in [0.4, 0.5) is 0 Å². The van der Waals surface area contributed by atoms with E-state index in [4.69, 9.17) is 0 Å². The van der Waals surface area contributed by atoms with Gasteiger partial charge < -0.3 is 10.2 Å². The van der Waals surface area contributed by atoms with Crippen LogP contribution < -0.4 is 5.32 Å². The minimum Gasteiger partial charge on any atom is -0.311 e. The molecule has 0 saturated carbocycles. The largest absolute Gasteiger partial charge is 0.311 e. The van der Waals surface area contributed by atoms with Gasteiger partial charge in [-0.3, -0.25) is 0 Å². The minimum absolute atomic E-state index is 0.685. The van der Waals surface area contributed by atoms with Gasteiger partial charge >= 0.3 is 0 Å².